The van der Waals surface area contributed by atoms with Crippen molar-refractivity contribution in [2.75, 3.05) is 46.8 Å². The van der Waals surface area contributed by atoms with E-state index >= 15 is 0 Å². The number of rotatable bonds is 6. The molecule has 0 radical (unpaired) electrons. The summed E-state index contributed by atoms with van der Waals surface area (Å²) in [5, 5.41) is 5.53. The minimum Gasteiger partial charge on any atom is -0.351 e. The zero-order valence-electron chi connectivity index (χ0n) is 17.6. The SMILES string of the molecule is Cc1cccc(CN2CCN(C(=NCC(=O)N(C)C)NCc3cccs3)CC2)c1. The van der Waals surface area contributed by atoms with Gasteiger partial charge in [-0.05, 0) is 23.9 Å². The van der Waals surface area contributed by atoms with Gasteiger partial charge in [-0.2, -0.15) is 0 Å². The van der Waals surface area contributed by atoms with E-state index in [-0.39, 0.29) is 12.5 Å². The Hall–Kier alpha value is -2.38. The van der Waals surface area contributed by atoms with E-state index in [1.54, 1.807) is 30.3 Å². The number of carbonyl (C=O) groups excluding carboxylic acids is 1. The van der Waals surface area contributed by atoms with Crippen molar-refractivity contribution < 1.29 is 4.79 Å². The topological polar surface area (TPSA) is 51.2 Å². The molecule has 0 unspecified atom stereocenters. The maximum absolute atomic E-state index is 12.0. The number of hydrogen-bond acceptors (Lipinski definition) is 4. The maximum Gasteiger partial charge on any atom is 0.243 e. The second-order valence-electron chi connectivity index (χ2n) is 7.61. The van der Waals surface area contributed by atoms with Gasteiger partial charge in [0.25, 0.3) is 0 Å². The highest BCUT2D eigenvalue weighted by Gasteiger charge is 2.20. The Bertz CT molecular complexity index is 810. The molecule has 6 nitrogen and oxygen atoms in total. The van der Waals surface area contributed by atoms with Crippen LogP contribution in [0.4, 0.5) is 0 Å². The Labute approximate surface area is 177 Å². The van der Waals surface area contributed by atoms with Gasteiger partial charge in [-0.15, -0.1) is 11.3 Å². The van der Waals surface area contributed by atoms with Crippen LogP contribution in [0.25, 0.3) is 0 Å². The number of amides is 1. The van der Waals surface area contributed by atoms with Crippen molar-refractivity contribution in [2.24, 2.45) is 4.99 Å². The summed E-state index contributed by atoms with van der Waals surface area (Å²) in [7, 11) is 3.53. The smallest absolute Gasteiger partial charge is 0.243 e. The number of guanidine groups is 1. The molecule has 1 aliphatic rings. The largest absolute Gasteiger partial charge is 0.351 e. The van der Waals surface area contributed by atoms with Crippen molar-refractivity contribution in [3.8, 4) is 0 Å². The van der Waals surface area contributed by atoms with Crippen LogP contribution in [-0.2, 0) is 17.9 Å². The van der Waals surface area contributed by atoms with Crippen molar-refractivity contribution in [1.29, 1.82) is 0 Å². The molecular formula is C22H31N5OS. The number of aliphatic imine (C=N–C) groups is 1. The standard InChI is InChI=1S/C22H31N5OS/c1-18-6-4-7-19(14-18)17-26-9-11-27(12-10-26)22(24-16-21(28)25(2)3)23-15-20-8-5-13-29-20/h4-8,13-14H,9-12,15-17H2,1-3H3,(H,23,24). The Morgan fingerprint density at radius 3 is 2.62 bits per heavy atom. The fraction of sp³-hybridized carbons (Fsp3) is 0.455. The molecule has 29 heavy (non-hydrogen) atoms. The van der Waals surface area contributed by atoms with Crippen molar-refractivity contribution in [3.63, 3.8) is 0 Å². The second-order valence-corrected chi connectivity index (χ2v) is 8.65. The van der Waals surface area contributed by atoms with E-state index in [1.165, 1.54) is 16.0 Å². The molecule has 2 aromatic rings. The van der Waals surface area contributed by atoms with Gasteiger partial charge in [-0.3, -0.25) is 9.69 Å². The van der Waals surface area contributed by atoms with Gasteiger partial charge >= 0.3 is 0 Å². The zero-order valence-corrected chi connectivity index (χ0v) is 18.4. The summed E-state index contributed by atoms with van der Waals surface area (Å²) in [5.74, 6) is 0.835. The Kier molecular flexibility index (Phi) is 7.66. The highest BCUT2D eigenvalue weighted by molar-refractivity contribution is 7.09. The molecule has 7 heteroatoms. The van der Waals surface area contributed by atoms with Crippen molar-refractivity contribution in [2.45, 2.75) is 20.0 Å². The van der Waals surface area contributed by atoms with Gasteiger partial charge in [0.2, 0.25) is 5.91 Å². The molecule has 1 fully saturated rings. The molecule has 156 valence electrons. The lowest BCUT2D eigenvalue weighted by molar-refractivity contribution is -0.127. The lowest BCUT2D eigenvalue weighted by Gasteiger charge is -2.36. The Morgan fingerprint density at radius 1 is 1.17 bits per heavy atom. The first kappa shape index (κ1) is 21.3. The predicted octanol–water partition coefficient (Wildman–Crippen LogP) is 2.41. The van der Waals surface area contributed by atoms with Gasteiger partial charge in [0, 0.05) is 51.7 Å². The van der Waals surface area contributed by atoms with Gasteiger partial charge in [-0.1, -0.05) is 35.9 Å². The first-order valence-corrected chi connectivity index (χ1v) is 10.9. The van der Waals surface area contributed by atoms with E-state index in [0.717, 1.165) is 45.2 Å². The van der Waals surface area contributed by atoms with E-state index in [9.17, 15) is 4.79 Å². The van der Waals surface area contributed by atoms with E-state index < -0.39 is 0 Å². The molecule has 1 amide bonds. The molecule has 0 atom stereocenters. The Morgan fingerprint density at radius 2 is 1.97 bits per heavy atom. The van der Waals surface area contributed by atoms with Gasteiger partial charge in [-0.25, -0.2) is 4.99 Å². The molecule has 0 spiro atoms. The first-order chi connectivity index (χ1) is 14.0. The third-order valence-electron chi connectivity index (χ3n) is 5.02. The molecule has 1 saturated heterocycles. The van der Waals surface area contributed by atoms with Crippen LogP contribution in [0.5, 0.6) is 0 Å². The highest BCUT2D eigenvalue weighted by Crippen LogP contribution is 2.12. The highest BCUT2D eigenvalue weighted by atomic mass is 32.1. The van der Waals surface area contributed by atoms with Crippen LogP contribution in [0.2, 0.25) is 0 Å². The Balaban J connectivity index is 1.58. The molecule has 3 rings (SSSR count). The number of piperazine rings is 1. The van der Waals surface area contributed by atoms with E-state index in [0.29, 0.717) is 0 Å². The molecule has 2 heterocycles. The second kappa shape index (κ2) is 10.4. The van der Waals surface area contributed by atoms with Gasteiger partial charge < -0.3 is 15.1 Å². The fourth-order valence-electron chi connectivity index (χ4n) is 3.32. The first-order valence-electron chi connectivity index (χ1n) is 10.0. The number of benzene rings is 1. The number of carbonyl (C=O) groups is 1. The molecule has 1 N–H and O–H groups in total. The van der Waals surface area contributed by atoms with Crippen LogP contribution in [0, 0.1) is 6.92 Å². The third-order valence-corrected chi connectivity index (χ3v) is 5.90. The van der Waals surface area contributed by atoms with Crippen LogP contribution in [0.15, 0.2) is 46.8 Å². The summed E-state index contributed by atoms with van der Waals surface area (Å²) < 4.78 is 0. The summed E-state index contributed by atoms with van der Waals surface area (Å²) >= 11 is 1.72. The molecule has 1 aromatic heterocycles. The quantitative estimate of drug-likeness (QED) is 0.584. The summed E-state index contributed by atoms with van der Waals surface area (Å²) in [6, 6.07) is 12.9. The summed E-state index contributed by atoms with van der Waals surface area (Å²) in [5.41, 5.74) is 2.67. The van der Waals surface area contributed by atoms with Crippen LogP contribution in [0.3, 0.4) is 0 Å². The van der Waals surface area contributed by atoms with Crippen molar-refractivity contribution >= 4 is 23.2 Å². The molecule has 0 aliphatic carbocycles. The number of nitrogens with one attached hydrogen (secondary N) is 1. The van der Waals surface area contributed by atoms with E-state index in [1.807, 2.05) is 0 Å². The molecule has 1 aliphatic heterocycles. The summed E-state index contributed by atoms with van der Waals surface area (Å²) in [6.45, 7) is 7.78. The average molecular weight is 414 g/mol. The van der Waals surface area contributed by atoms with Gasteiger partial charge in [0.1, 0.15) is 6.54 Å². The molecule has 1 aromatic carbocycles. The zero-order chi connectivity index (χ0) is 20.6. The maximum atomic E-state index is 12.0. The molecular weight excluding hydrogens is 382 g/mol. The molecule has 0 saturated carbocycles. The van der Waals surface area contributed by atoms with Crippen LogP contribution < -0.4 is 5.32 Å². The minimum absolute atomic E-state index is 0.0125. The van der Waals surface area contributed by atoms with Crippen LogP contribution in [0.1, 0.15) is 16.0 Å². The number of thiophene rings is 1. The van der Waals surface area contributed by atoms with Crippen molar-refractivity contribution in [1.82, 2.24) is 20.0 Å². The number of aryl methyl sites for hydroxylation is 1. The van der Waals surface area contributed by atoms with Crippen LogP contribution in [-0.4, -0.2) is 73.4 Å². The fourth-order valence-corrected chi connectivity index (χ4v) is 3.96. The predicted molar refractivity (Wildman–Crippen MR) is 120 cm³/mol. The van der Waals surface area contributed by atoms with E-state index in [2.05, 4.69) is 68.8 Å². The normalized spacial score (nSPS) is 15.4. The van der Waals surface area contributed by atoms with Crippen molar-refractivity contribution in [3.05, 3.63) is 57.8 Å². The summed E-state index contributed by atoms with van der Waals surface area (Å²) in [6.07, 6.45) is 0. The number of hydrogen-bond donors (Lipinski definition) is 1. The third kappa shape index (κ3) is 6.58. The lowest BCUT2D eigenvalue weighted by Crippen LogP contribution is -2.52. The van der Waals surface area contributed by atoms with Gasteiger partial charge in [0.05, 0.1) is 6.54 Å². The molecule has 0 bridgehead atoms. The van der Waals surface area contributed by atoms with Gasteiger partial charge in [0.15, 0.2) is 5.96 Å². The number of nitrogens with zero attached hydrogens (tertiary/aromatic N) is 4. The lowest BCUT2D eigenvalue weighted by atomic mass is 10.1. The monoisotopic (exact) mass is 413 g/mol. The van der Waals surface area contributed by atoms with Crippen LogP contribution >= 0.6 is 11.3 Å². The average Bonchev–Trinajstić information content (AvgIpc) is 3.22. The summed E-state index contributed by atoms with van der Waals surface area (Å²) in [4.78, 5) is 24.2. The minimum atomic E-state index is 0.0125. The van der Waals surface area contributed by atoms with E-state index in [4.69, 9.17) is 0 Å². The number of likely N-dealkylation sites (N-methyl/N-ethyl adjacent to an activating group) is 1.